The molecule has 3 heterocycles. The van der Waals surface area contributed by atoms with Gasteiger partial charge in [0.15, 0.2) is 5.75 Å². The summed E-state index contributed by atoms with van der Waals surface area (Å²) in [5.74, 6) is 1.16. The Morgan fingerprint density at radius 2 is 1.96 bits per heavy atom. The van der Waals surface area contributed by atoms with Crippen LogP contribution in [0, 0.1) is 20.8 Å². The first-order valence-corrected chi connectivity index (χ1v) is 9.27. The van der Waals surface area contributed by atoms with Crippen LogP contribution in [0.5, 0.6) is 11.6 Å². The average molecular weight is 422 g/mol. The highest BCUT2D eigenvalue weighted by Crippen LogP contribution is 2.38. The fourth-order valence-electron chi connectivity index (χ4n) is 2.36. The number of nitrogens with zero attached hydrogens (tertiary/aromatic N) is 3. The van der Waals surface area contributed by atoms with Crippen LogP contribution in [0.15, 0.2) is 16.7 Å². The lowest BCUT2D eigenvalue weighted by Crippen LogP contribution is -2.03. The van der Waals surface area contributed by atoms with Gasteiger partial charge in [0.2, 0.25) is 5.88 Å². The number of halogens is 1. The first-order valence-electron chi connectivity index (χ1n) is 7.66. The topological polar surface area (TPSA) is 74.2 Å². The summed E-state index contributed by atoms with van der Waals surface area (Å²) in [7, 11) is 0. The number of fused-ring (bicyclic) bond motifs is 1. The molecule has 0 bridgehead atoms. The Labute approximate surface area is 157 Å². The minimum absolute atomic E-state index is 0.322. The zero-order valence-electron chi connectivity index (χ0n) is 14.2. The molecule has 0 fully saturated rings. The van der Waals surface area contributed by atoms with Gasteiger partial charge >= 0.3 is 5.97 Å². The van der Waals surface area contributed by atoms with Crippen LogP contribution in [0.4, 0.5) is 0 Å². The minimum Gasteiger partial charge on any atom is -0.462 e. The number of carbonyl (C=O) groups is 1. The molecule has 0 atom stereocenters. The molecule has 0 saturated heterocycles. The van der Waals surface area contributed by atoms with Gasteiger partial charge in [-0.3, -0.25) is 0 Å². The fraction of sp³-hybridized carbons (Fsp3) is 0.294. The molecule has 0 aliphatic heterocycles. The highest BCUT2D eigenvalue weighted by Gasteiger charge is 2.22. The van der Waals surface area contributed by atoms with E-state index < -0.39 is 0 Å². The summed E-state index contributed by atoms with van der Waals surface area (Å²) in [5, 5.41) is 0.714. The van der Waals surface area contributed by atoms with E-state index in [1.54, 1.807) is 13.8 Å². The number of ether oxygens (including phenoxy) is 2. The SMILES string of the molecule is CCOC(=O)c1sc2nc(C)nc(Oc3ccc(C)nc3Br)c2c1C. The van der Waals surface area contributed by atoms with Crippen LogP contribution >= 0.6 is 27.3 Å². The van der Waals surface area contributed by atoms with Gasteiger partial charge in [0, 0.05) is 5.69 Å². The van der Waals surface area contributed by atoms with Crippen LogP contribution in [0.25, 0.3) is 10.2 Å². The van der Waals surface area contributed by atoms with E-state index in [9.17, 15) is 4.79 Å². The molecule has 25 heavy (non-hydrogen) atoms. The second-order valence-corrected chi connectivity index (χ2v) is 7.13. The second-order valence-electron chi connectivity index (χ2n) is 5.38. The largest absolute Gasteiger partial charge is 0.462 e. The predicted octanol–water partition coefficient (Wildman–Crippen LogP) is 4.74. The number of thiophene rings is 1. The molecule has 6 nitrogen and oxygen atoms in total. The van der Waals surface area contributed by atoms with Crippen molar-refractivity contribution in [2.45, 2.75) is 27.7 Å². The quantitative estimate of drug-likeness (QED) is 0.447. The van der Waals surface area contributed by atoms with Crippen molar-refractivity contribution >= 4 is 43.5 Å². The molecule has 0 aliphatic carbocycles. The third kappa shape index (κ3) is 3.50. The molecule has 0 aromatic carbocycles. The minimum atomic E-state index is -0.357. The van der Waals surface area contributed by atoms with Crippen LogP contribution < -0.4 is 4.74 Å². The highest BCUT2D eigenvalue weighted by atomic mass is 79.9. The van der Waals surface area contributed by atoms with Gasteiger partial charge in [-0.15, -0.1) is 11.3 Å². The van der Waals surface area contributed by atoms with Crippen molar-refractivity contribution in [3.63, 3.8) is 0 Å². The number of carbonyl (C=O) groups excluding carboxylic acids is 1. The van der Waals surface area contributed by atoms with Crippen molar-refractivity contribution in [2.75, 3.05) is 6.61 Å². The van der Waals surface area contributed by atoms with Crippen molar-refractivity contribution < 1.29 is 14.3 Å². The molecule has 8 heteroatoms. The normalized spacial score (nSPS) is 10.9. The lowest BCUT2D eigenvalue weighted by atomic mass is 10.2. The highest BCUT2D eigenvalue weighted by molar-refractivity contribution is 9.10. The maximum Gasteiger partial charge on any atom is 0.348 e. The van der Waals surface area contributed by atoms with Crippen LogP contribution in [0.1, 0.15) is 33.7 Å². The van der Waals surface area contributed by atoms with Gasteiger partial charge in [-0.1, -0.05) is 0 Å². The van der Waals surface area contributed by atoms with Gasteiger partial charge in [0.25, 0.3) is 0 Å². The molecular weight excluding hydrogens is 406 g/mol. The van der Waals surface area contributed by atoms with Gasteiger partial charge in [-0.2, -0.15) is 4.98 Å². The Balaban J connectivity index is 2.12. The molecular formula is C17H16BrN3O3S. The van der Waals surface area contributed by atoms with E-state index >= 15 is 0 Å². The lowest BCUT2D eigenvalue weighted by molar-refractivity contribution is 0.0531. The summed E-state index contributed by atoms with van der Waals surface area (Å²) in [6, 6.07) is 3.68. The number of hydrogen-bond donors (Lipinski definition) is 0. The number of aryl methyl sites for hydroxylation is 3. The summed E-state index contributed by atoms with van der Waals surface area (Å²) in [6.07, 6.45) is 0. The molecule has 130 valence electrons. The summed E-state index contributed by atoms with van der Waals surface area (Å²) >= 11 is 4.69. The van der Waals surface area contributed by atoms with Crippen molar-refractivity contribution in [1.29, 1.82) is 0 Å². The Morgan fingerprint density at radius 3 is 2.64 bits per heavy atom. The number of hydrogen-bond acceptors (Lipinski definition) is 7. The summed E-state index contributed by atoms with van der Waals surface area (Å²) in [5.41, 5.74) is 1.63. The van der Waals surface area contributed by atoms with Gasteiger partial charge < -0.3 is 9.47 Å². The molecule has 0 aliphatic rings. The van der Waals surface area contributed by atoms with Crippen molar-refractivity contribution in [2.24, 2.45) is 0 Å². The second kappa shape index (κ2) is 7.05. The van der Waals surface area contributed by atoms with E-state index in [1.165, 1.54) is 11.3 Å². The third-order valence-corrected chi connectivity index (χ3v) is 5.22. The van der Waals surface area contributed by atoms with Gasteiger partial charge in [0.05, 0.1) is 12.0 Å². The molecule has 0 unspecified atom stereocenters. The van der Waals surface area contributed by atoms with Crippen molar-refractivity contribution in [3.05, 3.63) is 38.7 Å². The van der Waals surface area contributed by atoms with E-state index in [-0.39, 0.29) is 5.97 Å². The van der Waals surface area contributed by atoms with Crippen molar-refractivity contribution in [1.82, 2.24) is 15.0 Å². The van der Waals surface area contributed by atoms with Gasteiger partial charge in [0.1, 0.15) is 20.1 Å². The Bertz CT molecular complexity index is 971. The number of esters is 1. The third-order valence-electron chi connectivity index (χ3n) is 3.49. The predicted molar refractivity (Wildman–Crippen MR) is 99.6 cm³/mol. The Morgan fingerprint density at radius 1 is 1.20 bits per heavy atom. The first-order chi connectivity index (χ1) is 11.9. The molecule has 3 aromatic rings. The summed E-state index contributed by atoms with van der Waals surface area (Å²) in [4.78, 5) is 26.5. The molecule has 3 aromatic heterocycles. The monoisotopic (exact) mass is 421 g/mol. The smallest absolute Gasteiger partial charge is 0.348 e. The van der Waals surface area contributed by atoms with Crippen LogP contribution in [-0.4, -0.2) is 27.5 Å². The lowest BCUT2D eigenvalue weighted by Gasteiger charge is -2.09. The van der Waals surface area contributed by atoms with Crippen LogP contribution in [-0.2, 0) is 4.74 Å². The Hall–Kier alpha value is -2.06. The number of aromatic nitrogens is 3. The number of rotatable bonds is 4. The first kappa shape index (κ1) is 17.8. The molecule has 3 rings (SSSR count). The van der Waals surface area contributed by atoms with Gasteiger partial charge in [-0.05, 0) is 61.3 Å². The van der Waals surface area contributed by atoms with E-state index in [0.29, 0.717) is 43.8 Å². The zero-order chi connectivity index (χ0) is 18.1. The molecule has 0 radical (unpaired) electrons. The summed E-state index contributed by atoms with van der Waals surface area (Å²) in [6.45, 7) is 7.63. The maximum absolute atomic E-state index is 12.2. The van der Waals surface area contributed by atoms with Gasteiger partial charge in [-0.25, -0.2) is 14.8 Å². The molecule has 0 amide bonds. The van der Waals surface area contributed by atoms with E-state index in [4.69, 9.17) is 9.47 Å². The fourth-order valence-corrected chi connectivity index (χ4v) is 3.97. The van der Waals surface area contributed by atoms with Crippen molar-refractivity contribution in [3.8, 4) is 11.6 Å². The molecule has 0 spiro atoms. The number of pyridine rings is 1. The maximum atomic E-state index is 12.2. The average Bonchev–Trinajstić information content (AvgIpc) is 2.87. The molecule has 0 saturated carbocycles. The zero-order valence-corrected chi connectivity index (χ0v) is 16.6. The van der Waals surface area contributed by atoms with Crippen LogP contribution in [0.3, 0.4) is 0 Å². The van der Waals surface area contributed by atoms with Crippen LogP contribution in [0.2, 0.25) is 0 Å². The van der Waals surface area contributed by atoms with E-state index in [1.807, 2.05) is 26.0 Å². The van der Waals surface area contributed by atoms with E-state index in [0.717, 1.165) is 11.3 Å². The van der Waals surface area contributed by atoms with E-state index in [2.05, 4.69) is 30.9 Å². The Kier molecular flexibility index (Phi) is 5.01. The molecule has 0 N–H and O–H groups in total. The standard InChI is InChI=1S/C17H16BrN3O3S/c1-5-23-17(22)13-9(3)12-15(20-10(4)21-16(12)25-13)24-11-7-6-8(2)19-14(11)18/h6-7H,5H2,1-4H3. The summed E-state index contributed by atoms with van der Waals surface area (Å²) < 4.78 is 11.7.